The number of aryl methyl sites for hydroxylation is 1. The smallest absolute Gasteiger partial charge is 0.224 e. The summed E-state index contributed by atoms with van der Waals surface area (Å²) >= 11 is 0. The van der Waals surface area contributed by atoms with Crippen molar-refractivity contribution < 1.29 is 0 Å². The maximum Gasteiger partial charge on any atom is 0.224 e. The molecule has 0 spiro atoms. The van der Waals surface area contributed by atoms with Gasteiger partial charge in [0.2, 0.25) is 5.95 Å². The van der Waals surface area contributed by atoms with Crippen molar-refractivity contribution in [3.63, 3.8) is 0 Å². The van der Waals surface area contributed by atoms with Gasteiger partial charge in [-0.2, -0.15) is 4.98 Å². The van der Waals surface area contributed by atoms with Gasteiger partial charge in [0.25, 0.3) is 0 Å². The van der Waals surface area contributed by atoms with E-state index in [1.165, 1.54) is 19.3 Å². The van der Waals surface area contributed by atoms with Gasteiger partial charge < -0.3 is 10.2 Å². The zero-order chi connectivity index (χ0) is 14.6. The van der Waals surface area contributed by atoms with Crippen molar-refractivity contribution in [2.75, 3.05) is 29.9 Å². The van der Waals surface area contributed by atoms with Gasteiger partial charge in [-0.1, -0.05) is 20.8 Å². The average molecular weight is 276 g/mol. The van der Waals surface area contributed by atoms with Gasteiger partial charge in [0.05, 0.1) is 0 Å². The first-order valence-electron chi connectivity index (χ1n) is 7.85. The lowest BCUT2D eigenvalue weighted by Gasteiger charge is -2.24. The van der Waals surface area contributed by atoms with Crippen LogP contribution in [0.1, 0.15) is 52.1 Å². The third-order valence-electron chi connectivity index (χ3n) is 4.04. The molecule has 0 bridgehead atoms. The molecule has 2 rings (SSSR count). The Kier molecular flexibility index (Phi) is 4.84. The summed E-state index contributed by atoms with van der Waals surface area (Å²) in [6.45, 7) is 12.1. The summed E-state index contributed by atoms with van der Waals surface area (Å²) in [4.78, 5) is 11.6. The lowest BCUT2D eigenvalue weighted by atomic mass is 9.85. The van der Waals surface area contributed by atoms with Crippen molar-refractivity contribution in [2.45, 2.75) is 53.4 Å². The first kappa shape index (κ1) is 15.1. The molecule has 0 atom stereocenters. The summed E-state index contributed by atoms with van der Waals surface area (Å²) < 4.78 is 0. The Balaban J connectivity index is 2.13. The lowest BCUT2D eigenvalue weighted by Crippen LogP contribution is -2.26. The van der Waals surface area contributed by atoms with E-state index in [4.69, 9.17) is 0 Å². The molecule has 1 fully saturated rings. The van der Waals surface area contributed by atoms with E-state index >= 15 is 0 Å². The second-order valence-corrected chi connectivity index (χ2v) is 6.62. The van der Waals surface area contributed by atoms with E-state index < -0.39 is 0 Å². The number of hydrogen-bond acceptors (Lipinski definition) is 4. The van der Waals surface area contributed by atoms with Crippen molar-refractivity contribution in [3.8, 4) is 0 Å². The van der Waals surface area contributed by atoms with E-state index in [1.807, 2.05) is 6.92 Å². The second kappa shape index (κ2) is 6.42. The zero-order valence-corrected chi connectivity index (χ0v) is 13.4. The van der Waals surface area contributed by atoms with E-state index in [9.17, 15) is 0 Å². The maximum atomic E-state index is 4.69. The van der Waals surface area contributed by atoms with Gasteiger partial charge in [-0.15, -0.1) is 0 Å². The van der Waals surface area contributed by atoms with E-state index in [-0.39, 0.29) is 0 Å². The first-order chi connectivity index (χ1) is 9.50. The molecule has 0 saturated carbocycles. The largest absolute Gasteiger partial charge is 0.356 e. The van der Waals surface area contributed by atoms with Gasteiger partial charge in [-0.25, -0.2) is 4.98 Å². The fraction of sp³-hybridized carbons (Fsp3) is 0.750. The minimum atomic E-state index is 0.458. The predicted molar refractivity (Wildman–Crippen MR) is 85.4 cm³/mol. The second-order valence-electron chi connectivity index (χ2n) is 6.62. The molecule has 0 radical (unpaired) electrons. The molecule has 1 saturated heterocycles. The van der Waals surface area contributed by atoms with Gasteiger partial charge in [0, 0.05) is 31.4 Å². The maximum absolute atomic E-state index is 4.69. The van der Waals surface area contributed by atoms with Crippen molar-refractivity contribution in [1.29, 1.82) is 0 Å². The van der Waals surface area contributed by atoms with Crippen molar-refractivity contribution >= 4 is 11.8 Å². The molecule has 0 aliphatic carbocycles. The highest BCUT2D eigenvalue weighted by atomic mass is 15.2. The molecule has 0 amide bonds. The first-order valence-corrected chi connectivity index (χ1v) is 7.85. The SMILES string of the molecule is CCCNc1nc(C)cc(N2CCCC(C)(C)CC2)n1. The van der Waals surface area contributed by atoms with Crippen LogP contribution in [0, 0.1) is 12.3 Å². The van der Waals surface area contributed by atoms with E-state index in [0.29, 0.717) is 5.41 Å². The molecule has 1 N–H and O–H groups in total. The van der Waals surface area contributed by atoms with E-state index in [1.54, 1.807) is 0 Å². The lowest BCUT2D eigenvalue weighted by molar-refractivity contribution is 0.325. The molecule has 0 unspecified atom stereocenters. The number of anilines is 2. The Morgan fingerprint density at radius 3 is 2.80 bits per heavy atom. The van der Waals surface area contributed by atoms with E-state index in [2.05, 4.69) is 47.0 Å². The van der Waals surface area contributed by atoms with Crippen LogP contribution in [0.4, 0.5) is 11.8 Å². The number of hydrogen-bond donors (Lipinski definition) is 1. The van der Waals surface area contributed by atoms with Crippen LogP contribution in [0.15, 0.2) is 6.07 Å². The third-order valence-corrected chi connectivity index (χ3v) is 4.04. The van der Waals surface area contributed by atoms with Crippen molar-refractivity contribution in [2.24, 2.45) is 5.41 Å². The molecule has 1 aliphatic heterocycles. The molecule has 2 heterocycles. The average Bonchev–Trinajstić information content (AvgIpc) is 2.57. The summed E-state index contributed by atoms with van der Waals surface area (Å²) in [6, 6.07) is 2.11. The standard InChI is InChI=1S/C16H28N4/c1-5-9-17-15-18-13(2)12-14(19-15)20-10-6-7-16(3,4)8-11-20/h12H,5-11H2,1-4H3,(H,17,18,19). The summed E-state index contributed by atoms with van der Waals surface area (Å²) in [5.41, 5.74) is 1.50. The van der Waals surface area contributed by atoms with Gasteiger partial charge >= 0.3 is 0 Å². The minimum absolute atomic E-state index is 0.458. The molecule has 112 valence electrons. The Labute approximate surface area is 123 Å². The third kappa shape index (κ3) is 4.09. The van der Waals surface area contributed by atoms with Crippen molar-refractivity contribution in [1.82, 2.24) is 9.97 Å². The van der Waals surface area contributed by atoms with Crippen LogP contribution in [0.5, 0.6) is 0 Å². The van der Waals surface area contributed by atoms with E-state index in [0.717, 1.165) is 43.5 Å². The molecule has 0 aromatic carbocycles. The summed E-state index contributed by atoms with van der Waals surface area (Å²) in [5.74, 6) is 1.85. The molecular formula is C16H28N4. The van der Waals surface area contributed by atoms with Gasteiger partial charge in [-0.3, -0.25) is 0 Å². The number of aromatic nitrogens is 2. The Bertz CT molecular complexity index is 442. The molecule has 1 aromatic rings. The predicted octanol–water partition coefficient (Wildman–Crippen LogP) is 3.62. The minimum Gasteiger partial charge on any atom is -0.356 e. The fourth-order valence-corrected chi connectivity index (χ4v) is 2.68. The highest BCUT2D eigenvalue weighted by Crippen LogP contribution is 2.31. The van der Waals surface area contributed by atoms with Crippen molar-refractivity contribution in [3.05, 3.63) is 11.8 Å². The Morgan fingerprint density at radius 2 is 2.05 bits per heavy atom. The normalized spacial score (nSPS) is 18.7. The van der Waals surface area contributed by atoms with Gasteiger partial charge in [-0.05, 0) is 38.0 Å². The quantitative estimate of drug-likeness (QED) is 0.912. The summed E-state index contributed by atoms with van der Waals surface area (Å²) in [6.07, 6.45) is 4.86. The van der Waals surface area contributed by atoms with Gasteiger partial charge in [0.15, 0.2) is 0 Å². The molecule has 20 heavy (non-hydrogen) atoms. The van der Waals surface area contributed by atoms with Gasteiger partial charge in [0.1, 0.15) is 5.82 Å². The summed E-state index contributed by atoms with van der Waals surface area (Å²) in [7, 11) is 0. The Morgan fingerprint density at radius 1 is 1.25 bits per heavy atom. The number of nitrogens with one attached hydrogen (secondary N) is 1. The molecule has 1 aromatic heterocycles. The number of rotatable bonds is 4. The van der Waals surface area contributed by atoms with Crippen LogP contribution < -0.4 is 10.2 Å². The topological polar surface area (TPSA) is 41.1 Å². The highest BCUT2D eigenvalue weighted by Gasteiger charge is 2.23. The van der Waals surface area contributed by atoms with Crippen LogP contribution in [-0.4, -0.2) is 29.6 Å². The highest BCUT2D eigenvalue weighted by molar-refractivity contribution is 5.44. The Hall–Kier alpha value is -1.32. The number of nitrogens with zero attached hydrogens (tertiary/aromatic N) is 3. The molecular weight excluding hydrogens is 248 g/mol. The zero-order valence-electron chi connectivity index (χ0n) is 13.4. The molecule has 4 heteroatoms. The van der Waals surface area contributed by atoms with Crippen LogP contribution >= 0.6 is 0 Å². The monoisotopic (exact) mass is 276 g/mol. The van der Waals surface area contributed by atoms with Crippen LogP contribution in [0.2, 0.25) is 0 Å². The molecule has 4 nitrogen and oxygen atoms in total. The van der Waals surface area contributed by atoms with Crippen LogP contribution in [0.3, 0.4) is 0 Å². The summed E-state index contributed by atoms with van der Waals surface area (Å²) in [5, 5.41) is 3.30. The van der Waals surface area contributed by atoms with Crippen LogP contribution in [-0.2, 0) is 0 Å². The van der Waals surface area contributed by atoms with Crippen LogP contribution in [0.25, 0.3) is 0 Å². The fourth-order valence-electron chi connectivity index (χ4n) is 2.68. The molecule has 1 aliphatic rings.